The monoisotopic (exact) mass is 355 g/mol. The van der Waals surface area contributed by atoms with Gasteiger partial charge in [-0.05, 0) is 29.8 Å². The lowest BCUT2D eigenvalue weighted by Gasteiger charge is -2.10. The molecule has 5 heteroatoms. The maximum Gasteiger partial charge on any atom is 0.167 e. The van der Waals surface area contributed by atoms with Gasteiger partial charge in [-0.2, -0.15) is 0 Å². The van der Waals surface area contributed by atoms with Gasteiger partial charge in [0.25, 0.3) is 0 Å². The van der Waals surface area contributed by atoms with Gasteiger partial charge in [0.15, 0.2) is 11.6 Å². The molecule has 27 heavy (non-hydrogen) atoms. The fraction of sp³-hybridized carbons (Fsp3) is 0.0455. The summed E-state index contributed by atoms with van der Waals surface area (Å²) in [5, 5.41) is 20.4. The molecule has 0 fully saturated rings. The minimum atomic E-state index is 0.0950. The van der Waals surface area contributed by atoms with Gasteiger partial charge in [-0.15, -0.1) is 0 Å². The van der Waals surface area contributed by atoms with Crippen LogP contribution >= 0.6 is 0 Å². The molecule has 0 aliphatic rings. The molecule has 1 heterocycles. The quantitative estimate of drug-likeness (QED) is 0.573. The number of phenols is 2. The Morgan fingerprint density at radius 3 is 1.56 bits per heavy atom. The summed E-state index contributed by atoms with van der Waals surface area (Å²) in [6, 6.07) is 23.7. The second-order valence-electron chi connectivity index (χ2n) is 6.10. The standard InChI is InChI=1S/C22H17N3O2/c26-18-12-6-4-10-16(18)21-23-20(14-15-8-2-1-3-9-15)24-22(25-21)17-11-5-7-13-19(17)27/h1-13,26-27H,14H2. The van der Waals surface area contributed by atoms with Crippen molar-refractivity contribution in [3.63, 3.8) is 0 Å². The average Bonchev–Trinajstić information content (AvgIpc) is 2.69. The van der Waals surface area contributed by atoms with E-state index in [0.717, 1.165) is 5.56 Å². The molecule has 5 nitrogen and oxygen atoms in total. The van der Waals surface area contributed by atoms with Crippen LogP contribution in [0.2, 0.25) is 0 Å². The summed E-state index contributed by atoms with van der Waals surface area (Å²) in [7, 11) is 0. The summed E-state index contributed by atoms with van der Waals surface area (Å²) in [5.74, 6) is 1.49. The van der Waals surface area contributed by atoms with Gasteiger partial charge < -0.3 is 10.2 Å². The van der Waals surface area contributed by atoms with Crippen LogP contribution in [0.3, 0.4) is 0 Å². The molecule has 0 bridgehead atoms. The van der Waals surface area contributed by atoms with Crippen LogP contribution in [-0.2, 0) is 6.42 Å². The van der Waals surface area contributed by atoms with Crippen LogP contribution in [0.5, 0.6) is 11.5 Å². The molecule has 4 rings (SSSR count). The Morgan fingerprint density at radius 2 is 1.04 bits per heavy atom. The minimum Gasteiger partial charge on any atom is -0.507 e. The molecule has 0 spiro atoms. The number of rotatable bonds is 4. The third-order valence-electron chi connectivity index (χ3n) is 4.18. The molecule has 4 aromatic rings. The van der Waals surface area contributed by atoms with Gasteiger partial charge in [0.1, 0.15) is 17.3 Å². The summed E-state index contributed by atoms with van der Waals surface area (Å²) in [4.78, 5) is 13.6. The Labute approximate surface area is 156 Å². The van der Waals surface area contributed by atoms with Crippen molar-refractivity contribution in [2.75, 3.05) is 0 Å². The molecule has 0 unspecified atom stereocenters. The van der Waals surface area contributed by atoms with Gasteiger partial charge in [-0.3, -0.25) is 0 Å². The summed E-state index contributed by atoms with van der Waals surface area (Å²) < 4.78 is 0. The van der Waals surface area contributed by atoms with Crippen molar-refractivity contribution in [1.29, 1.82) is 0 Å². The zero-order valence-electron chi connectivity index (χ0n) is 14.4. The van der Waals surface area contributed by atoms with Crippen molar-refractivity contribution in [1.82, 2.24) is 15.0 Å². The van der Waals surface area contributed by atoms with Crippen molar-refractivity contribution < 1.29 is 10.2 Å². The number of phenolic OH excluding ortho intramolecular Hbond substituents is 2. The lowest BCUT2D eigenvalue weighted by molar-refractivity contribution is 0.476. The van der Waals surface area contributed by atoms with Crippen molar-refractivity contribution in [2.24, 2.45) is 0 Å². The summed E-state index contributed by atoms with van der Waals surface area (Å²) >= 11 is 0. The van der Waals surface area contributed by atoms with E-state index in [1.807, 2.05) is 42.5 Å². The van der Waals surface area contributed by atoms with Crippen LogP contribution in [-0.4, -0.2) is 25.2 Å². The first-order valence-corrected chi connectivity index (χ1v) is 8.56. The first-order valence-electron chi connectivity index (χ1n) is 8.56. The largest absolute Gasteiger partial charge is 0.507 e. The molecule has 0 amide bonds. The van der Waals surface area contributed by atoms with E-state index in [1.165, 1.54) is 0 Å². The first-order chi connectivity index (χ1) is 13.2. The van der Waals surface area contributed by atoms with Crippen molar-refractivity contribution in [3.05, 3.63) is 90.3 Å². The SMILES string of the molecule is Oc1ccccc1-c1nc(Cc2ccccc2)nc(-c2ccccc2O)n1. The highest BCUT2D eigenvalue weighted by molar-refractivity contribution is 5.68. The maximum atomic E-state index is 10.2. The average molecular weight is 355 g/mol. The second-order valence-corrected chi connectivity index (χ2v) is 6.10. The van der Waals surface area contributed by atoms with Gasteiger partial charge in [0.05, 0.1) is 11.1 Å². The second kappa shape index (κ2) is 7.25. The van der Waals surface area contributed by atoms with Crippen molar-refractivity contribution in [2.45, 2.75) is 6.42 Å². The number of hydrogen-bond acceptors (Lipinski definition) is 5. The molecule has 3 aromatic carbocycles. The predicted molar refractivity (Wildman–Crippen MR) is 103 cm³/mol. The van der Waals surface area contributed by atoms with E-state index in [4.69, 9.17) is 0 Å². The molecule has 0 atom stereocenters. The Balaban J connectivity index is 1.86. The Hall–Kier alpha value is -3.73. The fourth-order valence-electron chi connectivity index (χ4n) is 2.84. The van der Waals surface area contributed by atoms with Gasteiger partial charge >= 0.3 is 0 Å². The lowest BCUT2D eigenvalue weighted by atomic mass is 10.1. The van der Waals surface area contributed by atoms with E-state index in [0.29, 0.717) is 35.0 Å². The highest BCUT2D eigenvalue weighted by atomic mass is 16.3. The molecule has 0 aliphatic carbocycles. The van der Waals surface area contributed by atoms with Crippen LogP contribution < -0.4 is 0 Å². The smallest absolute Gasteiger partial charge is 0.167 e. The molecular weight excluding hydrogens is 338 g/mol. The Morgan fingerprint density at radius 1 is 0.556 bits per heavy atom. The zero-order valence-corrected chi connectivity index (χ0v) is 14.4. The van der Waals surface area contributed by atoms with Crippen molar-refractivity contribution >= 4 is 0 Å². The molecule has 132 valence electrons. The highest BCUT2D eigenvalue weighted by Gasteiger charge is 2.15. The van der Waals surface area contributed by atoms with Gasteiger partial charge in [0.2, 0.25) is 0 Å². The van der Waals surface area contributed by atoms with Crippen LogP contribution in [0.25, 0.3) is 22.8 Å². The molecule has 0 saturated carbocycles. The van der Waals surface area contributed by atoms with Crippen molar-refractivity contribution in [3.8, 4) is 34.3 Å². The molecular formula is C22H17N3O2. The van der Waals surface area contributed by atoms with E-state index >= 15 is 0 Å². The Kier molecular flexibility index (Phi) is 4.49. The number of para-hydroxylation sites is 2. The predicted octanol–water partition coefficient (Wildman–Crippen LogP) is 4.21. The fourth-order valence-corrected chi connectivity index (χ4v) is 2.84. The van der Waals surface area contributed by atoms with Gasteiger partial charge in [-0.25, -0.2) is 15.0 Å². The van der Waals surface area contributed by atoms with Crippen LogP contribution in [0.1, 0.15) is 11.4 Å². The van der Waals surface area contributed by atoms with Gasteiger partial charge in [-0.1, -0.05) is 54.6 Å². The van der Waals surface area contributed by atoms with Crippen LogP contribution in [0, 0.1) is 0 Å². The normalized spacial score (nSPS) is 10.7. The molecule has 1 aromatic heterocycles. The number of benzene rings is 3. The third-order valence-corrected chi connectivity index (χ3v) is 4.18. The van der Waals surface area contributed by atoms with E-state index in [2.05, 4.69) is 15.0 Å². The van der Waals surface area contributed by atoms with Crippen LogP contribution in [0.15, 0.2) is 78.9 Å². The van der Waals surface area contributed by atoms with Gasteiger partial charge in [0, 0.05) is 6.42 Å². The minimum absolute atomic E-state index is 0.0950. The summed E-state index contributed by atoms with van der Waals surface area (Å²) in [5.41, 5.74) is 2.10. The first kappa shape index (κ1) is 16.7. The Bertz CT molecular complexity index is 1020. The molecule has 0 saturated heterocycles. The number of aromatic nitrogens is 3. The zero-order chi connectivity index (χ0) is 18.6. The maximum absolute atomic E-state index is 10.2. The summed E-state index contributed by atoms with van der Waals surface area (Å²) in [6.45, 7) is 0. The van der Waals surface area contributed by atoms with E-state index in [-0.39, 0.29) is 11.5 Å². The topological polar surface area (TPSA) is 79.1 Å². The van der Waals surface area contributed by atoms with E-state index in [9.17, 15) is 10.2 Å². The number of nitrogens with zero attached hydrogens (tertiary/aromatic N) is 3. The van der Waals surface area contributed by atoms with E-state index < -0.39 is 0 Å². The number of hydrogen-bond donors (Lipinski definition) is 2. The molecule has 2 N–H and O–H groups in total. The number of aromatic hydroxyl groups is 2. The molecule has 0 aliphatic heterocycles. The summed E-state index contributed by atoms with van der Waals surface area (Å²) in [6.07, 6.45) is 0.518. The van der Waals surface area contributed by atoms with Crippen LogP contribution in [0.4, 0.5) is 0 Å². The highest BCUT2D eigenvalue weighted by Crippen LogP contribution is 2.30. The molecule has 0 radical (unpaired) electrons. The lowest BCUT2D eigenvalue weighted by Crippen LogP contribution is -2.04. The van der Waals surface area contributed by atoms with E-state index in [1.54, 1.807) is 36.4 Å². The third kappa shape index (κ3) is 3.62.